The summed E-state index contributed by atoms with van der Waals surface area (Å²) in [4.78, 5) is 0. The SMILES string of the molecule is C[Si](C)(C)[CH]([Ge]([CH]1C=C[CH]([Ge]([CH]([Si](C)(C)C)[Si](C)(C)C)[CH]([Si](C)(C)C)[Si](C)(C)C)c2c1c(O)c1ccccc1c2O)[CH]([Si](C)(C)C)[Si](C)(C)C)[Si](C)(C)C. The van der Waals surface area contributed by atoms with Crippen molar-refractivity contribution in [2.24, 2.45) is 0 Å². The monoisotopic (exact) mass is 994 g/mol. The number of rotatable bonds is 14. The van der Waals surface area contributed by atoms with Crippen molar-refractivity contribution in [2.75, 3.05) is 0 Å². The second-order valence-electron chi connectivity index (χ2n) is 26.1. The first kappa shape index (κ1) is 49.2. The maximum absolute atomic E-state index is 13.1. The summed E-state index contributed by atoms with van der Waals surface area (Å²) in [5.41, 5.74) is 2.47. The zero-order valence-corrected chi connectivity index (χ0v) is 52.0. The van der Waals surface area contributed by atoms with Crippen LogP contribution in [0.5, 0.6) is 11.5 Å². The molecule has 306 valence electrons. The Bertz CT molecular complexity index is 1430. The average Bonchev–Trinajstić information content (AvgIpc) is 2.88. The van der Waals surface area contributed by atoms with Gasteiger partial charge in [-0.15, -0.1) is 0 Å². The van der Waals surface area contributed by atoms with Crippen LogP contribution in [0.4, 0.5) is 0 Å². The molecule has 0 aliphatic heterocycles. The van der Waals surface area contributed by atoms with Crippen LogP contribution in [0.3, 0.4) is 0 Å². The Balaban J connectivity index is 2.76. The molecule has 2 aromatic carbocycles. The predicted molar refractivity (Wildman–Crippen MR) is 275 cm³/mol. The summed E-state index contributed by atoms with van der Waals surface area (Å²) in [6.07, 6.45) is 5.61. The molecule has 0 amide bonds. The summed E-state index contributed by atoms with van der Waals surface area (Å²) >= 11 is -4.30. The van der Waals surface area contributed by atoms with E-state index < -0.39 is 93.3 Å². The van der Waals surface area contributed by atoms with Crippen LogP contribution in [0, 0.1) is 0 Å². The number of fused-ring (bicyclic) bond motifs is 2. The Morgan fingerprint density at radius 3 is 0.722 bits per heavy atom. The van der Waals surface area contributed by atoms with Crippen molar-refractivity contribution in [1.82, 2.24) is 0 Å². The number of aromatic hydroxyl groups is 2. The third kappa shape index (κ3) is 10.4. The van der Waals surface area contributed by atoms with Gasteiger partial charge in [-0.3, -0.25) is 0 Å². The topological polar surface area (TPSA) is 40.5 Å². The molecule has 0 saturated heterocycles. The molecule has 0 aromatic heterocycles. The first-order valence-corrected chi connectivity index (χ1v) is 57.0. The van der Waals surface area contributed by atoms with E-state index in [1.165, 1.54) is 11.1 Å². The van der Waals surface area contributed by atoms with E-state index in [2.05, 4.69) is 194 Å². The predicted octanol–water partition coefficient (Wildman–Crippen LogP) is 14.6. The van der Waals surface area contributed by atoms with Gasteiger partial charge in [0.1, 0.15) is 0 Å². The normalized spacial score (nSPS) is 18.7. The molecular formula is C42H86Ge2O2Si8. The van der Waals surface area contributed by atoms with Crippen molar-refractivity contribution in [3.8, 4) is 11.5 Å². The fourth-order valence-electron chi connectivity index (χ4n) is 13.3. The van der Waals surface area contributed by atoms with E-state index in [0.717, 1.165) is 26.8 Å². The van der Waals surface area contributed by atoms with Crippen LogP contribution < -0.4 is 0 Å². The van der Waals surface area contributed by atoms with E-state index in [-0.39, 0.29) is 9.50 Å². The van der Waals surface area contributed by atoms with Crippen LogP contribution in [0.15, 0.2) is 36.4 Å². The Morgan fingerprint density at radius 1 is 0.370 bits per heavy atom. The first-order chi connectivity index (χ1) is 23.8. The molecular weight excluding hydrogens is 906 g/mol. The van der Waals surface area contributed by atoms with E-state index in [4.69, 9.17) is 0 Å². The summed E-state index contributed by atoms with van der Waals surface area (Å²) < 4.78 is 3.97. The van der Waals surface area contributed by atoms with Gasteiger partial charge in [-0.1, -0.05) is 0 Å². The molecule has 2 N–H and O–H groups in total. The zero-order valence-electron chi connectivity index (χ0n) is 39.8. The quantitative estimate of drug-likeness (QED) is 0.112. The molecule has 0 bridgehead atoms. The third-order valence-electron chi connectivity index (χ3n) is 12.3. The minimum absolute atomic E-state index is 0.285. The van der Waals surface area contributed by atoms with Gasteiger partial charge >= 0.3 is 356 Å². The van der Waals surface area contributed by atoms with Gasteiger partial charge < -0.3 is 0 Å². The summed E-state index contributed by atoms with van der Waals surface area (Å²) in [5, 5.41) is 28.0. The second kappa shape index (κ2) is 16.0. The van der Waals surface area contributed by atoms with Crippen molar-refractivity contribution < 1.29 is 10.2 Å². The molecule has 2 radical (unpaired) electrons. The number of hydrogen-bond acceptors (Lipinski definition) is 2. The Hall–Kier alpha value is 0.861. The van der Waals surface area contributed by atoms with Gasteiger partial charge in [0.15, 0.2) is 0 Å². The summed E-state index contributed by atoms with van der Waals surface area (Å²) in [5.74, 6) is 1.07. The zero-order chi connectivity index (χ0) is 42.3. The molecule has 54 heavy (non-hydrogen) atoms. The van der Waals surface area contributed by atoms with Gasteiger partial charge in [0, 0.05) is 0 Å². The van der Waals surface area contributed by atoms with Crippen LogP contribution in [0.1, 0.15) is 20.6 Å². The molecule has 0 spiro atoms. The molecule has 2 nitrogen and oxygen atoms in total. The Labute approximate surface area is 352 Å². The molecule has 2 unspecified atom stereocenters. The average molecular weight is 993 g/mol. The Kier molecular flexibility index (Phi) is 14.6. The first-order valence-electron chi connectivity index (χ1n) is 21.1. The van der Waals surface area contributed by atoms with E-state index in [0.29, 0.717) is 11.5 Å². The fraction of sp³-hybridized carbons (Fsp3) is 0.714. The van der Waals surface area contributed by atoms with Gasteiger partial charge in [-0.25, -0.2) is 0 Å². The number of allylic oxidation sites excluding steroid dienone is 2. The molecule has 1 aliphatic carbocycles. The van der Waals surface area contributed by atoms with Crippen molar-refractivity contribution >= 4 is 104 Å². The van der Waals surface area contributed by atoms with Crippen molar-refractivity contribution in [1.29, 1.82) is 0 Å². The molecule has 2 atom stereocenters. The molecule has 3 rings (SSSR count). The second-order valence-corrected chi connectivity index (χ2v) is 92.2. The van der Waals surface area contributed by atoms with Crippen LogP contribution in [-0.2, 0) is 0 Å². The number of hydrogen-bond donors (Lipinski definition) is 2. The van der Waals surface area contributed by atoms with Crippen LogP contribution >= 0.6 is 0 Å². The van der Waals surface area contributed by atoms with E-state index in [9.17, 15) is 10.2 Å². The van der Waals surface area contributed by atoms with E-state index in [1.54, 1.807) is 0 Å². The minimum atomic E-state index is -2.15. The number of benzene rings is 2. The molecule has 0 heterocycles. The van der Waals surface area contributed by atoms with Crippen molar-refractivity contribution in [3.63, 3.8) is 0 Å². The van der Waals surface area contributed by atoms with Crippen LogP contribution in [0.25, 0.3) is 10.8 Å². The standard InChI is InChI=1S/C42H86Ge2O2Si8/c1-47(2,3)39(48(4,5)6)43(40(49(7,8)9)50(10,11)12)33-29-30-34(36-35(33)37(45)31-27-25-26-28-32(31)38(36)46)44(41(51(13,14)15)52(16,17)18)42(53(19,20)21)54(22,23)24/h25-30,33-34,39-42,45-46H,1-24H3. The van der Waals surface area contributed by atoms with Crippen LogP contribution in [0.2, 0.25) is 173 Å². The van der Waals surface area contributed by atoms with Gasteiger partial charge in [0.05, 0.1) is 0 Å². The van der Waals surface area contributed by atoms with Crippen molar-refractivity contribution in [3.05, 3.63) is 47.5 Å². The Morgan fingerprint density at radius 2 is 0.556 bits per heavy atom. The third-order valence-corrected chi connectivity index (χ3v) is 115. The summed E-state index contributed by atoms with van der Waals surface area (Å²) in [7, 11) is -13.1. The molecule has 0 saturated carbocycles. The van der Waals surface area contributed by atoms with Crippen LogP contribution in [-0.4, -0.2) is 104 Å². The van der Waals surface area contributed by atoms with E-state index >= 15 is 0 Å². The van der Waals surface area contributed by atoms with Gasteiger partial charge in [-0.05, 0) is 0 Å². The number of phenols is 2. The molecule has 0 fully saturated rings. The molecule has 12 heteroatoms. The molecule has 2 aromatic rings. The van der Waals surface area contributed by atoms with Gasteiger partial charge in [0.25, 0.3) is 0 Å². The summed E-state index contributed by atoms with van der Waals surface area (Å²) in [6, 6.07) is 8.37. The van der Waals surface area contributed by atoms with E-state index in [1.807, 2.05) is 0 Å². The maximum atomic E-state index is 13.1. The van der Waals surface area contributed by atoms with Crippen molar-refractivity contribution in [2.45, 2.75) is 183 Å². The van der Waals surface area contributed by atoms with Gasteiger partial charge in [-0.2, -0.15) is 0 Å². The number of phenolic OH excluding ortho intramolecular Hbond substituents is 2. The fourth-order valence-corrected chi connectivity index (χ4v) is 143. The van der Waals surface area contributed by atoms with Gasteiger partial charge in [0.2, 0.25) is 0 Å². The molecule has 1 aliphatic rings. The summed E-state index contributed by atoms with van der Waals surface area (Å²) in [6.45, 7) is 64.8.